The third-order valence-electron chi connectivity index (χ3n) is 6.32. The summed E-state index contributed by atoms with van der Waals surface area (Å²) in [5.41, 5.74) is 8.03. The third-order valence-corrected chi connectivity index (χ3v) is 6.61. The second-order valence-electron chi connectivity index (χ2n) is 8.72. The van der Waals surface area contributed by atoms with Gasteiger partial charge in [-0.1, -0.05) is 51.4 Å². The maximum absolute atomic E-state index is 14.7. The predicted octanol–water partition coefficient (Wildman–Crippen LogP) is 7.31. The van der Waals surface area contributed by atoms with Crippen LogP contribution in [0.2, 0.25) is 5.02 Å². The molecule has 33 heavy (non-hydrogen) atoms. The highest BCUT2D eigenvalue weighted by Gasteiger charge is 2.30. The Morgan fingerprint density at radius 3 is 2.67 bits per heavy atom. The molecule has 178 valence electrons. The molecule has 0 saturated carbocycles. The van der Waals surface area contributed by atoms with E-state index in [0.29, 0.717) is 18.1 Å². The fourth-order valence-corrected chi connectivity index (χ4v) is 4.05. The second-order valence-corrected chi connectivity index (χ2v) is 9.13. The number of nitrogens with zero attached hydrogens (tertiary/aromatic N) is 1. The van der Waals surface area contributed by atoms with Gasteiger partial charge in [0.05, 0.1) is 11.6 Å². The average Bonchev–Trinajstić information content (AvgIpc) is 3.16. The molecule has 2 aromatic rings. The van der Waals surface area contributed by atoms with Crippen molar-refractivity contribution in [3.63, 3.8) is 0 Å². The molecule has 7 heteroatoms. The monoisotopic (exact) mass is 478 g/mol. The van der Waals surface area contributed by atoms with Crippen LogP contribution in [0.1, 0.15) is 57.2 Å². The molecule has 0 amide bonds. The maximum atomic E-state index is 14.7. The van der Waals surface area contributed by atoms with Gasteiger partial charge in [0.15, 0.2) is 0 Å². The first kappa shape index (κ1) is 25.3. The van der Waals surface area contributed by atoms with Crippen LogP contribution in [-0.4, -0.2) is 18.1 Å². The van der Waals surface area contributed by atoms with Gasteiger partial charge in [-0.25, -0.2) is 18.2 Å². The van der Waals surface area contributed by atoms with Crippen LogP contribution in [0.3, 0.4) is 0 Å². The zero-order valence-electron chi connectivity index (χ0n) is 19.3. The molecule has 0 fully saturated rings. The summed E-state index contributed by atoms with van der Waals surface area (Å²) < 4.78 is 48.4. The molecule has 2 heterocycles. The summed E-state index contributed by atoms with van der Waals surface area (Å²) in [6.07, 6.45) is 5.80. The van der Waals surface area contributed by atoms with Gasteiger partial charge >= 0.3 is 0 Å². The minimum absolute atomic E-state index is 0.0614. The first-order valence-corrected chi connectivity index (χ1v) is 11.6. The van der Waals surface area contributed by atoms with Crippen LogP contribution in [0.5, 0.6) is 5.75 Å². The molecule has 1 aromatic carbocycles. The fraction of sp³-hybridized carbons (Fsp3) is 0.423. The van der Waals surface area contributed by atoms with E-state index >= 15 is 0 Å². The van der Waals surface area contributed by atoms with Crippen molar-refractivity contribution in [2.75, 3.05) is 13.2 Å². The predicted molar refractivity (Wildman–Crippen MR) is 127 cm³/mol. The van der Waals surface area contributed by atoms with Crippen molar-refractivity contribution in [3.05, 3.63) is 70.2 Å². The Bertz CT molecular complexity index is 1070. The molecule has 0 bridgehead atoms. The highest BCUT2D eigenvalue weighted by atomic mass is 35.5. The smallest absolute Gasteiger partial charge is 0.149 e. The summed E-state index contributed by atoms with van der Waals surface area (Å²) in [5, 5.41) is -0.194. The van der Waals surface area contributed by atoms with Gasteiger partial charge in [-0.05, 0) is 30.5 Å². The number of allylic oxidation sites excluding steroid dienone is 4. The Balaban J connectivity index is 2.03. The molecule has 0 aliphatic carbocycles. The van der Waals surface area contributed by atoms with Gasteiger partial charge in [0.25, 0.3) is 0 Å². The lowest BCUT2D eigenvalue weighted by Gasteiger charge is -2.22. The molecule has 1 aliphatic rings. The molecular formula is C26H30ClF3N2O. The lowest BCUT2D eigenvalue weighted by atomic mass is 9.87. The lowest BCUT2D eigenvalue weighted by Crippen LogP contribution is -2.20. The van der Waals surface area contributed by atoms with Crippen molar-refractivity contribution in [2.24, 2.45) is 17.6 Å². The highest BCUT2D eigenvalue weighted by Crippen LogP contribution is 2.44. The van der Waals surface area contributed by atoms with Crippen LogP contribution >= 0.6 is 11.6 Å². The van der Waals surface area contributed by atoms with Crippen molar-refractivity contribution < 1.29 is 17.9 Å². The summed E-state index contributed by atoms with van der Waals surface area (Å²) in [6, 6.07) is 3.92. The van der Waals surface area contributed by atoms with E-state index in [9.17, 15) is 13.2 Å². The number of pyridine rings is 1. The lowest BCUT2D eigenvalue weighted by molar-refractivity contribution is 0.337. The number of halogens is 4. The van der Waals surface area contributed by atoms with E-state index in [1.165, 1.54) is 12.1 Å². The summed E-state index contributed by atoms with van der Waals surface area (Å²) in [7, 11) is 0. The molecule has 1 aliphatic heterocycles. The standard InChI is InChI=1S/C26H30ClF3N2O/c1-5-14(2)21(28)8-6-7-15(3)19(12-31)24-10-17-16(4)13-33-26(17)25(32-24)18-9-20(27)23(30)11-22(18)29/h6-11,14-16,19H,5,12-13,31H2,1-4H3/b7-6-,21-8+. The van der Waals surface area contributed by atoms with Crippen LogP contribution in [0, 0.1) is 23.5 Å². The maximum Gasteiger partial charge on any atom is 0.149 e. The number of hydrogen-bond acceptors (Lipinski definition) is 3. The number of hydrogen-bond donors (Lipinski definition) is 1. The van der Waals surface area contributed by atoms with Crippen molar-refractivity contribution in [1.29, 1.82) is 0 Å². The first-order chi connectivity index (χ1) is 15.7. The number of nitrogens with two attached hydrogens (primary N) is 1. The number of rotatable bonds is 8. The van der Waals surface area contributed by atoms with Crippen molar-refractivity contribution in [2.45, 2.75) is 46.0 Å². The van der Waals surface area contributed by atoms with Gasteiger partial charge in [0.2, 0.25) is 0 Å². The van der Waals surface area contributed by atoms with E-state index in [1.807, 2.05) is 39.8 Å². The Morgan fingerprint density at radius 2 is 2.00 bits per heavy atom. The molecule has 4 unspecified atom stereocenters. The highest BCUT2D eigenvalue weighted by molar-refractivity contribution is 6.31. The topological polar surface area (TPSA) is 48.1 Å². The Hall–Kier alpha value is -2.31. The van der Waals surface area contributed by atoms with E-state index in [4.69, 9.17) is 27.1 Å². The summed E-state index contributed by atoms with van der Waals surface area (Å²) in [5.74, 6) is -1.61. The van der Waals surface area contributed by atoms with Crippen molar-refractivity contribution >= 4 is 11.6 Å². The zero-order chi connectivity index (χ0) is 24.3. The number of fused-ring (bicyclic) bond motifs is 1. The molecule has 4 atom stereocenters. The Kier molecular flexibility index (Phi) is 8.24. The van der Waals surface area contributed by atoms with Crippen LogP contribution in [0.15, 0.2) is 42.3 Å². The van der Waals surface area contributed by atoms with Gasteiger partial charge in [-0.15, -0.1) is 0 Å². The van der Waals surface area contributed by atoms with E-state index in [1.54, 1.807) is 6.08 Å². The fourth-order valence-electron chi connectivity index (χ4n) is 3.89. The first-order valence-electron chi connectivity index (χ1n) is 11.2. The van der Waals surface area contributed by atoms with Gasteiger partial charge < -0.3 is 10.5 Å². The van der Waals surface area contributed by atoms with E-state index < -0.39 is 11.6 Å². The Labute approximate surface area is 198 Å². The van der Waals surface area contributed by atoms with Gasteiger partial charge in [0.1, 0.15) is 28.9 Å². The van der Waals surface area contributed by atoms with Crippen molar-refractivity contribution in [1.82, 2.24) is 4.98 Å². The van der Waals surface area contributed by atoms with Crippen LogP contribution in [0.4, 0.5) is 13.2 Å². The quantitative estimate of drug-likeness (QED) is 0.319. The van der Waals surface area contributed by atoms with Gasteiger partial charge in [-0.3, -0.25) is 0 Å². The van der Waals surface area contributed by atoms with Gasteiger partial charge in [-0.2, -0.15) is 0 Å². The molecule has 3 rings (SSSR count). The normalized spacial score (nSPS) is 18.8. The minimum Gasteiger partial charge on any atom is -0.490 e. The third kappa shape index (κ3) is 5.44. The minimum atomic E-state index is -0.837. The molecule has 0 saturated heterocycles. The van der Waals surface area contributed by atoms with Crippen LogP contribution in [-0.2, 0) is 0 Å². The summed E-state index contributed by atoms with van der Waals surface area (Å²) in [6.45, 7) is 8.49. The molecular weight excluding hydrogens is 449 g/mol. The van der Waals surface area contributed by atoms with Crippen molar-refractivity contribution in [3.8, 4) is 17.0 Å². The Morgan fingerprint density at radius 1 is 1.27 bits per heavy atom. The molecule has 0 spiro atoms. The number of aromatic nitrogens is 1. The number of ether oxygens (including phenoxy) is 1. The summed E-state index contributed by atoms with van der Waals surface area (Å²) in [4.78, 5) is 4.71. The molecule has 1 aromatic heterocycles. The zero-order valence-corrected chi connectivity index (χ0v) is 20.1. The van der Waals surface area contributed by atoms with E-state index in [2.05, 4.69) is 0 Å². The molecule has 3 nitrogen and oxygen atoms in total. The summed E-state index contributed by atoms with van der Waals surface area (Å²) >= 11 is 5.94. The molecule has 0 radical (unpaired) electrons. The van der Waals surface area contributed by atoms with Crippen LogP contribution in [0.25, 0.3) is 11.3 Å². The van der Waals surface area contributed by atoms with Gasteiger partial charge in [0, 0.05) is 47.2 Å². The molecule has 2 N–H and O–H groups in total. The second kappa shape index (κ2) is 10.7. The van der Waals surface area contributed by atoms with E-state index in [-0.39, 0.29) is 52.3 Å². The largest absolute Gasteiger partial charge is 0.490 e. The SMILES string of the molecule is CCC(C)/C(F)=C\C=C/C(C)C(CN)c1cc2c(c(-c3cc(Cl)c(F)cc3F)n1)OCC2C. The number of benzene rings is 1. The average molecular weight is 479 g/mol. The van der Waals surface area contributed by atoms with Crippen LogP contribution < -0.4 is 10.5 Å². The van der Waals surface area contributed by atoms with E-state index in [0.717, 1.165) is 18.1 Å².